The number of aliphatic hydroxyl groups is 1. The molecule has 0 radical (unpaired) electrons. The van der Waals surface area contributed by atoms with Gasteiger partial charge >= 0.3 is 0 Å². The van der Waals surface area contributed by atoms with Crippen LogP contribution in [0.4, 0.5) is 0 Å². The molecule has 0 spiro atoms. The van der Waals surface area contributed by atoms with E-state index in [0.717, 1.165) is 6.42 Å². The van der Waals surface area contributed by atoms with Crippen LogP contribution >= 0.6 is 0 Å². The Morgan fingerprint density at radius 3 is 2.73 bits per heavy atom. The largest absolute Gasteiger partial charge is 0.467 e. The lowest BCUT2D eigenvalue weighted by Crippen LogP contribution is -2.38. The zero-order chi connectivity index (χ0) is 15.8. The maximum atomic E-state index is 11.7. The summed E-state index contributed by atoms with van der Waals surface area (Å²) in [7, 11) is 0. The highest BCUT2D eigenvalue weighted by Crippen LogP contribution is 2.28. The average molecular weight is 308 g/mol. The molecule has 2 rings (SSSR count). The zero-order valence-electron chi connectivity index (χ0n) is 12.7. The number of aliphatic hydroxyl groups excluding tert-OH is 1. The fraction of sp³-hybridized carbons (Fsp3) is 0.625. The van der Waals surface area contributed by atoms with Gasteiger partial charge in [-0.25, -0.2) is 0 Å². The third kappa shape index (κ3) is 5.52. The van der Waals surface area contributed by atoms with Gasteiger partial charge in [-0.1, -0.05) is 25.7 Å². The first-order valence-corrected chi connectivity index (χ1v) is 7.90. The van der Waals surface area contributed by atoms with Gasteiger partial charge in [-0.2, -0.15) is 0 Å². The van der Waals surface area contributed by atoms with Crippen molar-refractivity contribution in [3.8, 4) is 0 Å². The van der Waals surface area contributed by atoms with Crippen LogP contribution in [0.1, 0.15) is 50.4 Å². The summed E-state index contributed by atoms with van der Waals surface area (Å²) in [6.45, 7) is -0.00132. The first-order chi connectivity index (χ1) is 10.6. The molecule has 3 N–H and O–H groups in total. The van der Waals surface area contributed by atoms with Crippen molar-refractivity contribution in [2.24, 2.45) is 5.92 Å². The smallest absolute Gasteiger partial charge is 0.239 e. The van der Waals surface area contributed by atoms with Crippen molar-refractivity contribution in [3.05, 3.63) is 24.2 Å². The number of carbonyl (C=O) groups excluding carboxylic acids is 2. The van der Waals surface area contributed by atoms with Crippen molar-refractivity contribution in [1.82, 2.24) is 10.6 Å². The number of carbonyl (C=O) groups is 2. The molecular weight excluding hydrogens is 284 g/mol. The quantitative estimate of drug-likeness (QED) is 0.679. The van der Waals surface area contributed by atoms with E-state index < -0.39 is 6.10 Å². The Morgan fingerprint density at radius 1 is 1.27 bits per heavy atom. The predicted molar refractivity (Wildman–Crippen MR) is 80.9 cm³/mol. The fourth-order valence-electron chi connectivity index (χ4n) is 2.76. The van der Waals surface area contributed by atoms with Crippen LogP contribution in [-0.2, 0) is 9.59 Å². The highest BCUT2D eigenvalue weighted by Gasteiger charge is 2.16. The molecule has 1 fully saturated rings. The van der Waals surface area contributed by atoms with E-state index in [2.05, 4.69) is 10.6 Å². The second-order valence-corrected chi connectivity index (χ2v) is 5.80. The Balaban J connectivity index is 1.55. The SMILES string of the molecule is O=C(CCC1CCCC1)NCC(=O)NCC(O)c1ccco1. The Bertz CT molecular complexity index is 467. The summed E-state index contributed by atoms with van der Waals surface area (Å²) in [5, 5.41) is 14.9. The Morgan fingerprint density at radius 2 is 2.05 bits per heavy atom. The lowest BCUT2D eigenvalue weighted by Gasteiger charge is -2.11. The second-order valence-electron chi connectivity index (χ2n) is 5.80. The molecule has 0 bridgehead atoms. The van der Waals surface area contributed by atoms with Crippen LogP contribution < -0.4 is 10.6 Å². The molecule has 22 heavy (non-hydrogen) atoms. The van der Waals surface area contributed by atoms with E-state index in [9.17, 15) is 14.7 Å². The van der Waals surface area contributed by atoms with Crippen molar-refractivity contribution in [1.29, 1.82) is 0 Å². The van der Waals surface area contributed by atoms with Gasteiger partial charge in [-0.15, -0.1) is 0 Å². The number of furan rings is 1. The maximum absolute atomic E-state index is 11.7. The monoisotopic (exact) mass is 308 g/mol. The molecule has 2 amide bonds. The summed E-state index contributed by atoms with van der Waals surface area (Å²) in [4.78, 5) is 23.3. The van der Waals surface area contributed by atoms with Gasteiger partial charge in [0, 0.05) is 6.42 Å². The molecule has 1 aliphatic carbocycles. The third-order valence-corrected chi connectivity index (χ3v) is 4.06. The number of amides is 2. The van der Waals surface area contributed by atoms with Crippen molar-refractivity contribution < 1.29 is 19.1 Å². The Kier molecular flexibility index (Phi) is 6.45. The fourth-order valence-corrected chi connectivity index (χ4v) is 2.76. The number of hydrogen-bond acceptors (Lipinski definition) is 4. The van der Waals surface area contributed by atoms with Gasteiger partial charge in [0.15, 0.2) is 0 Å². The van der Waals surface area contributed by atoms with E-state index in [1.54, 1.807) is 12.1 Å². The van der Waals surface area contributed by atoms with E-state index in [1.807, 2.05) is 0 Å². The van der Waals surface area contributed by atoms with E-state index in [1.165, 1.54) is 31.9 Å². The molecule has 122 valence electrons. The number of rotatable bonds is 8. The first-order valence-electron chi connectivity index (χ1n) is 7.90. The van der Waals surface area contributed by atoms with E-state index >= 15 is 0 Å². The zero-order valence-corrected chi connectivity index (χ0v) is 12.7. The standard InChI is InChI=1S/C16H24N2O4/c19-13(14-6-3-9-22-14)10-17-16(21)11-18-15(20)8-7-12-4-1-2-5-12/h3,6,9,12-13,19H,1-2,4-5,7-8,10-11H2,(H,17,21)(H,18,20). The molecule has 0 aromatic carbocycles. The Labute approximate surface area is 130 Å². The van der Waals surface area contributed by atoms with Gasteiger partial charge in [0.1, 0.15) is 11.9 Å². The molecule has 0 aliphatic heterocycles. The summed E-state index contributed by atoms with van der Waals surface area (Å²) < 4.78 is 5.04. The highest BCUT2D eigenvalue weighted by molar-refractivity contribution is 5.84. The predicted octanol–water partition coefficient (Wildman–Crippen LogP) is 1.52. The molecule has 1 atom stereocenters. The Hall–Kier alpha value is -1.82. The van der Waals surface area contributed by atoms with Gasteiger partial charge in [0.2, 0.25) is 11.8 Å². The molecule has 1 heterocycles. The van der Waals surface area contributed by atoms with Crippen LogP contribution in [0.25, 0.3) is 0 Å². The minimum absolute atomic E-state index is 0.0598. The van der Waals surface area contributed by atoms with Crippen LogP contribution in [0.3, 0.4) is 0 Å². The number of hydrogen-bond donors (Lipinski definition) is 3. The molecular formula is C16H24N2O4. The van der Waals surface area contributed by atoms with Gasteiger partial charge in [0.05, 0.1) is 19.4 Å². The van der Waals surface area contributed by atoms with Crippen LogP contribution in [0.5, 0.6) is 0 Å². The highest BCUT2D eigenvalue weighted by atomic mass is 16.4. The molecule has 1 unspecified atom stereocenters. The molecule has 1 aromatic heterocycles. The lowest BCUT2D eigenvalue weighted by molar-refractivity contribution is -0.126. The van der Waals surface area contributed by atoms with Gasteiger partial charge in [-0.3, -0.25) is 9.59 Å². The maximum Gasteiger partial charge on any atom is 0.239 e. The normalized spacial score (nSPS) is 16.4. The summed E-state index contributed by atoms with van der Waals surface area (Å²) in [5.74, 6) is 0.664. The van der Waals surface area contributed by atoms with Gasteiger partial charge in [0.25, 0.3) is 0 Å². The van der Waals surface area contributed by atoms with E-state index in [4.69, 9.17) is 4.42 Å². The van der Waals surface area contributed by atoms with Crippen LogP contribution in [0.15, 0.2) is 22.8 Å². The van der Waals surface area contributed by atoms with Crippen LogP contribution in [0, 0.1) is 5.92 Å². The molecule has 6 nitrogen and oxygen atoms in total. The molecule has 6 heteroatoms. The average Bonchev–Trinajstić information content (AvgIpc) is 3.21. The van der Waals surface area contributed by atoms with Gasteiger partial charge in [-0.05, 0) is 24.5 Å². The summed E-state index contributed by atoms with van der Waals surface area (Å²) in [5.41, 5.74) is 0. The first kappa shape index (κ1) is 16.5. The van der Waals surface area contributed by atoms with Crippen molar-refractivity contribution in [3.63, 3.8) is 0 Å². The summed E-state index contributed by atoms with van der Waals surface area (Å²) >= 11 is 0. The van der Waals surface area contributed by atoms with Gasteiger partial charge < -0.3 is 20.2 Å². The van der Waals surface area contributed by atoms with E-state index in [0.29, 0.717) is 18.1 Å². The molecule has 1 aromatic rings. The lowest BCUT2D eigenvalue weighted by atomic mass is 10.0. The van der Waals surface area contributed by atoms with Crippen LogP contribution in [-0.4, -0.2) is 30.0 Å². The van der Waals surface area contributed by atoms with Crippen molar-refractivity contribution in [2.75, 3.05) is 13.1 Å². The van der Waals surface area contributed by atoms with E-state index in [-0.39, 0.29) is 24.9 Å². The van der Waals surface area contributed by atoms with Crippen LogP contribution in [0.2, 0.25) is 0 Å². The minimum atomic E-state index is -0.878. The summed E-state index contributed by atoms with van der Waals surface area (Å²) in [6.07, 6.45) is 6.95. The topological polar surface area (TPSA) is 91.6 Å². The third-order valence-electron chi connectivity index (χ3n) is 4.06. The minimum Gasteiger partial charge on any atom is -0.467 e. The number of nitrogens with one attached hydrogen (secondary N) is 2. The molecule has 1 saturated carbocycles. The van der Waals surface area contributed by atoms with Crippen molar-refractivity contribution in [2.45, 2.75) is 44.6 Å². The second kappa shape index (κ2) is 8.58. The van der Waals surface area contributed by atoms with Crippen molar-refractivity contribution >= 4 is 11.8 Å². The molecule has 1 aliphatic rings. The molecule has 0 saturated heterocycles. The summed E-state index contributed by atoms with van der Waals surface area (Å²) in [6, 6.07) is 3.31.